The van der Waals surface area contributed by atoms with E-state index in [1.54, 1.807) is 6.07 Å². The molecular formula is C26H25F3N4S. The van der Waals surface area contributed by atoms with Gasteiger partial charge in [-0.05, 0) is 35.6 Å². The first-order valence-electron chi connectivity index (χ1n) is 11.4. The second-order valence-corrected chi connectivity index (χ2v) is 9.82. The predicted molar refractivity (Wildman–Crippen MR) is 131 cm³/mol. The van der Waals surface area contributed by atoms with E-state index in [4.69, 9.17) is 0 Å². The molecule has 8 heteroatoms. The van der Waals surface area contributed by atoms with Crippen molar-refractivity contribution in [3.63, 3.8) is 0 Å². The third kappa shape index (κ3) is 5.56. The summed E-state index contributed by atoms with van der Waals surface area (Å²) >= 11 is 1.08. The van der Waals surface area contributed by atoms with Crippen molar-refractivity contribution in [2.75, 3.05) is 18.4 Å². The van der Waals surface area contributed by atoms with Gasteiger partial charge in [-0.25, -0.2) is 9.97 Å². The number of fused-ring (bicyclic) bond motifs is 1. The molecule has 0 bridgehead atoms. The summed E-state index contributed by atoms with van der Waals surface area (Å²) in [4.78, 5) is 11.8. The monoisotopic (exact) mass is 482 g/mol. The number of hydrogen-bond donors (Lipinski definition) is 1. The van der Waals surface area contributed by atoms with Gasteiger partial charge in [0.1, 0.15) is 17.0 Å². The van der Waals surface area contributed by atoms with Gasteiger partial charge in [-0.15, -0.1) is 11.3 Å². The first-order chi connectivity index (χ1) is 16.4. The number of alkyl halides is 3. The highest BCUT2D eigenvalue weighted by molar-refractivity contribution is 7.18. The van der Waals surface area contributed by atoms with Crippen LogP contribution in [0.25, 0.3) is 21.3 Å². The first-order valence-corrected chi connectivity index (χ1v) is 12.2. The van der Waals surface area contributed by atoms with Crippen LogP contribution >= 0.6 is 11.3 Å². The maximum Gasteiger partial charge on any atom is 0.393 e. The van der Waals surface area contributed by atoms with Gasteiger partial charge < -0.3 is 5.32 Å². The molecule has 0 aliphatic carbocycles. The Morgan fingerprint density at radius 1 is 0.941 bits per heavy atom. The summed E-state index contributed by atoms with van der Waals surface area (Å²) in [7, 11) is 0. The van der Waals surface area contributed by atoms with E-state index in [-0.39, 0.29) is 10.9 Å². The Bertz CT molecular complexity index is 1230. The fourth-order valence-corrected chi connectivity index (χ4v) is 5.45. The average molecular weight is 483 g/mol. The number of anilines is 1. The second-order valence-electron chi connectivity index (χ2n) is 8.70. The maximum atomic E-state index is 12.8. The minimum atomic E-state index is -4.23. The Hall–Kier alpha value is -2.97. The van der Waals surface area contributed by atoms with Crippen LogP contribution in [0, 0.1) is 0 Å². The first kappa shape index (κ1) is 22.8. The van der Waals surface area contributed by atoms with Crippen molar-refractivity contribution >= 4 is 27.4 Å². The van der Waals surface area contributed by atoms with Crippen LogP contribution in [-0.2, 0) is 13.0 Å². The van der Waals surface area contributed by atoms with E-state index in [1.807, 2.05) is 18.2 Å². The smallest absolute Gasteiger partial charge is 0.367 e. The minimum absolute atomic E-state index is 0.237. The number of likely N-dealkylation sites (tertiary alicyclic amines) is 1. The molecule has 5 rings (SSSR count). The van der Waals surface area contributed by atoms with Gasteiger partial charge in [0, 0.05) is 30.6 Å². The zero-order chi connectivity index (χ0) is 23.5. The summed E-state index contributed by atoms with van der Waals surface area (Å²) in [5.74, 6) is 0.629. The number of hydrogen-bond acceptors (Lipinski definition) is 5. The van der Waals surface area contributed by atoms with Crippen molar-refractivity contribution in [3.8, 4) is 11.1 Å². The maximum absolute atomic E-state index is 12.8. The van der Waals surface area contributed by atoms with Crippen LogP contribution in [0.4, 0.5) is 19.0 Å². The molecule has 0 spiro atoms. The summed E-state index contributed by atoms with van der Waals surface area (Å²) in [6, 6.07) is 20.9. The molecule has 0 unspecified atom stereocenters. The lowest BCUT2D eigenvalue weighted by Gasteiger charge is -2.32. The van der Waals surface area contributed by atoms with Crippen molar-refractivity contribution < 1.29 is 13.2 Å². The fourth-order valence-electron chi connectivity index (χ4n) is 4.43. The molecule has 34 heavy (non-hydrogen) atoms. The van der Waals surface area contributed by atoms with Crippen molar-refractivity contribution in [2.45, 2.75) is 38.0 Å². The molecule has 176 valence electrons. The molecule has 1 aliphatic heterocycles. The minimum Gasteiger partial charge on any atom is -0.367 e. The van der Waals surface area contributed by atoms with E-state index < -0.39 is 12.6 Å². The second kappa shape index (κ2) is 9.72. The number of nitrogens with one attached hydrogen (secondary N) is 1. The molecule has 0 saturated carbocycles. The average Bonchev–Trinajstić information content (AvgIpc) is 3.23. The van der Waals surface area contributed by atoms with Crippen molar-refractivity contribution in [2.24, 2.45) is 0 Å². The molecule has 1 fully saturated rings. The normalized spacial score (nSPS) is 15.6. The lowest BCUT2D eigenvalue weighted by atomic mass is 10.0. The van der Waals surface area contributed by atoms with Gasteiger partial charge in [0.05, 0.1) is 11.8 Å². The third-order valence-electron chi connectivity index (χ3n) is 6.15. The summed E-state index contributed by atoms with van der Waals surface area (Å²) in [5.41, 5.74) is 3.73. The predicted octanol–water partition coefficient (Wildman–Crippen LogP) is 6.54. The highest BCUT2D eigenvalue weighted by atomic mass is 32.1. The number of aromatic nitrogens is 2. The summed E-state index contributed by atoms with van der Waals surface area (Å²) in [6.07, 6.45) is -1.83. The topological polar surface area (TPSA) is 41.0 Å². The lowest BCUT2D eigenvalue weighted by molar-refractivity contribution is -0.126. The Kier molecular flexibility index (Phi) is 6.52. The van der Waals surface area contributed by atoms with E-state index in [0.717, 1.165) is 43.8 Å². The SMILES string of the molecule is FC(F)(F)Cc1cc2c(NC3CCN(Cc4ccc(-c5ccccc5)cc4)CC3)ncnc2s1. The Morgan fingerprint density at radius 2 is 1.65 bits per heavy atom. The summed E-state index contributed by atoms with van der Waals surface area (Å²) in [5, 5.41) is 4.13. The van der Waals surface area contributed by atoms with Crippen LogP contribution in [0.15, 0.2) is 67.0 Å². The Morgan fingerprint density at radius 3 is 2.35 bits per heavy atom. The highest BCUT2D eigenvalue weighted by Crippen LogP contribution is 2.33. The van der Waals surface area contributed by atoms with Crippen LogP contribution in [-0.4, -0.2) is 40.2 Å². The molecule has 4 aromatic rings. The highest BCUT2D eigenvalue weighted by Gasteiger charge is 2.29. The Labute approximate surface area is 200 Å². The van der Waals surface area contributed by atoms with Gasteiger partial charge in [-0.2, -0.15) is 13.2 Å². The molecule has 2 aromatic heterocycles. The molecule has 4 nitrogen and oxygen atoms in total. The third-order valence-corrected chi connectivity index (χ3v) is 7.19. The molecule has 0 amide bonds. The summed E-state index contributed by atoms with van der Waals surface area (Å²) in [6.45, 7) is 2.81. The number of halogens is 3. The van der Waals surface area contributed by atoms with Gasteiger partial charge in [0.25, 0.3) is 0 Å². The molecule has 2 aromatic carbocycles. The van der Waals surface area contributed by atoms with Crippen molar-refractivity contribution in [3.05, 3.63) is 77.4 Å². The molecular weight excluding hydrogens is 457 g/mol. The van der Waals surface area contributed by atoms with E-state index >= 15 is 0 Å². The van der Waals surface area contributed by atoms with Crippen LogP contribution in [0.2, 0.25) is 0 Å². The Balaban J connectivity index is 1.17. The van der Waals surface area contributed by atoms with Gasteiger partial charge in [0.15, 0.2) is 0 Å². The molecule has 0 atom stereocenters. The quantitative estimate of drug-likeness (QED) is 0.339. The zero-order valence-electron chi connectivity index (χ0n) is 18.6. The van der Waals surface area contributed by atoms with Crippen molar-refractivity contribution in [1.82, 2.24) is 14.9 Å². The number of rotatable bonds is 6. The van der Waals surface area contributed by atoms with E-state index in [1.165, 1.54) is 23.0 Å². The van der Waals surface area contributed by atoms with Crippen LogP contribution in [0.5, 0.6) is 0 Å². The number of nitrogens with zero attached hydrogens (tertiary/aromatic N) is 3. The van der Waals surface area contributed by atoms with Crippen LogP contribution in [0.3, 0.4) is 0 Å². The number of benzene rings is 2. The van der Waals surface area contributed by atoms with Crippen LogP contribution < -0.4 is 5.32 Å². The van der Waals surface area contributed by atoms with Gasteiger partial charge in [-0.3, -0.25) is 4.90 Å². The lowest BCUT2D eigenvalue weighted by Crippen LogP contribution is -2.38. The van der Waals surface area contributed by atoms with Crippen molar-refractivity contribution in [1.29, 1.82) is 0 Å². The zero-order valence-corrected chi connectivity index (χ0v) is 19.4. The van der Waals surface area contributed by atoms with Gasteiger partial charge in [-0.1, -0.05) is 54.6 Å². The largest absolute Gasteiger partial charge is 0.393 e. The van der Waals surface area contributed by atoms with E-state index in [0.29, 0.717) is 16.0 Å². The molecule has 0 radical (unpaired) electrons. The summed E-state index contributed by atoms with van der Waals surface area (Å²) < 4.78 is 38.4. The molecule has 1 N–H and O–H groups in total. The number of piperidine rings is 1. The molecule has 1 saturated heterocycles. The van der Waals surface area contributed by atoms with Gasteiger partial charge >= 0.3 is 6.18 Å². The van der Waals surface area contributed by atoms with Crippen LogP contribution in [0.1, 0.15) is 23.3 Å². The van der Waals surface area contributed by atoms with Gasteiger partial charge in [0.2, 0.25) is 0 Å². The number of thiophene rings is 1. The van der Waals surface area contributed by atoms with E-state index in [9.17, 15) is 13.2 Å². The van der Waals surface area contributed by atoms with E-state index in [2.05, 4.69) is 56.6 Å². The molecule has 1 aliphatic rings. The molecule has 3 heterocycles. The fraction of sp³-hybridized carbons (Fsp3) is 0.308. The standard InChI is InChI=1S/C26H25F3N4S/c27-26(28,29)15-22-14-23-24(30-17-31-25(23)34-22)32-21-10-12-33(13-11-21)16-18-6-8-20(9-7-18)19-4-2-1-3-5-19/h1-9,14,17,21H,10-13,15-16H2,(H,30,31,32).